The molecule has 0 saturated heterocycles. The molecular weight excluding hydrogens is 244 g/mol. The molecule has 0 saturated carbocycles. The summed E-state index contributed by atoms with van der Waals surface area (Å²) in [5, 5.41) is 0. The van der Waals surface area contributed by atoms with Crippen LogP contribution in [0.1, 0.15) is 30.5 Å². The third-order valence-corrected chi connectivity index (χ3v) is 3.72. The molecule has 2 nitrogen and oxygen atoms in total. The molecule has 0 spiro atoms. The van der Waals surface area contributed by atoms with Gasteiger partial charge in [-0.3, -0.25) is 0 Å². The first-order valence-electron chi connectivity index (χ1n) is 7.33. The highest BCUT2D eigenvalue weighted by Gasteiger charge is 2.09. The van der Waals surface area contributed by atoms with Gasteiger partial charge in [0.15, 0.2) is 0 Å². The largest absolute Gasteiger partial charge is 0.372 e. The van der Waals surface area contributed by atoms with E-state index in [9.17, 15) is 0 Å². The molecule has 2 heteroatoms. The molecule has 20 heavy (non-hydrogen) atoms. The number of hydrogen-bond donors (Lipinski definition) is 1. The van der Waals surface area contributed by atoms with Crippen LogP contribution in [0.5, 0.6) is 0 Å². The van der Waals surface area contributed by atoms with Gasteiger partial charge in [-0.2, -0.15) is 0 Å². The van der Waals surface area contributed by atoms with Crippen LogP contribution in [-0.4, -0.2) is 13.1 Å². The fourth-order valence-corrected chi connectivity index (χ4v) is 2.39. The Hall–Kier alpha value is -1.80. The molecule has 2 N–H and O–H groups in total. The number of anilines is 1. The van der Waals surface area contributed by atoms with Crippen LogP contribution in [0.3, 0.4) is 0 Å². The molecule has 1 atom stereocenters. The van der Waals surface area contributed by atoms with Gasteiger partial charge in [0.05, 0.1) is 0 Å². The van der Waals surface area contributed by atoms with Crippen LogP contribution in [0.2, 0.25) is 0 Å². The van der Waals surface area contributed by atoms with Gasteiger partial charge in [0.1, 0.15) is 0 Å². The molecule has 2 aromatic rings. The van der Waals surface area contributed by atoms with Crippen molar-refractivity contribution < 1.29 is 0 Å². The average Bonchev–Trinajstić information content (AvgIpc) is 2.50. The van der Waals surface area contributed by atoms with Gasteiger partial charge in [0.25, 0.3) is 0 Å². The third kappa shape index (κ3) is 3.84. The van der Waals surface area contributed by atoms with Crippen molar-refractivity contribution in [3.8, 4) is 0 Å². The fraction of sp³-hybridized carbons (Fsp3) is 0.333. The standard InChI is InChI=1S/C18H24N2/c1-3-20(17-11-9-15(2)10-12-17)14-13-18(19)16-7-5-4-6-8-16/h4-12,18H,3,13-14,19H2,1-2H3. The molecule has 0 aliphatic carbocycles. The summed E-state index contributed by atoms with van der Waals surface area (Å²) in [6, 6.07) is 19.1. The van der Waals surface area contributed by atoms with Gasteiger partial charge < -0.3 is 10.6 Å². The molecule has 0 radical (unpaired) electrons. The number of nitrogens with two attached hydrogens (primary N) is 1. The van der Waals surface area contributed by atoms with Crippen LogP contribution < -0.4 is 10.6 Å². The lowest BCUT2D eigenvalue weighted by atomic mass is 10.0. The van der Waals surface area contributed by atoms with Gasteiger partial charge in [-0.15, -0.1) is 0 Å². The van der Waals surface area contributed by atoms with Crippen LogP contribution in [-0.2, 0) is 0 Å². The lowest BCUT2D eigenvalue weighted by Gasteiger charge is -2.25. The second-order valence-corrected chi connectivity index (χ2v) is 5.22. The first-order chi connectivity index (χ1) is 9.70. The van der Waals surface area contributed by atoms with E-state index in [1.807, 2.05) is 18.2 Å². The Balaban J connectivity index is 1.95. The summed E-state index contributed by atoms with van der Waals surface area (Å²) in [4.78, 5) is 2.38. The maximum Gasteiger partial charge on any atom is 0.0366 e. The van der Waals surface area contributed by atoms with E-state index in [1.54, 1.807) is 0 Å². The Kier molecular flexibility index (Phi) is 5.19. The molecule has 1 unspecified atom stereocenters. The predicted molar refractivity (Wildman–Crippen MR) is 87.1 cm³/mol. The molecule has 0 heterocycles. The zero-order chi connectivity index (χ0) is 14.4. The molecule has 0 aromatic heterocycles. The zero-order valence-electron chi connectivity index (χ0n) is 12.4. The van der Waals surface area contributed by atoms with E-state index < -0.39 is 0 Å². The number of benzene rings is 2. The van der Waals surface area contributed by atoms with Gasteiger partial charge in [-0.1, -0.05) is 48.0 Å². The van der Waals surface area contributed by atoms with Crippen LogP contribution in [0.25, 0.3) is 0 Å². The van der Waals surface area contributed by atoms with Crippen LogP contribution >= 0.6 is 0 Å². The summed E-state index contributed by atoms with van der Waals surface area (Å²) in [7, 11) is 0. The van der Waals surface area contributed by atoms with Crippen LogP contribution in [0, 0.1) is 6.92 Å². The van der Waals surface area contributed by atoms with Gasteiger partial charge in [0, 0.05) is 24.8 Å². The number of nitrogens with zero attached hydrogens (tertiary/aromatic N) is 1. The van der Waals surface area contributed by atoms with E-state index in [4.69, 9.17) is 5.73 Å². The molecule has 0 fully saturated rings. The molecule has 106 valence electrons. The Morgan fingerprint density at radius 2 is 1.65 bits per heavy atom. The van der Waals surface area contributed by atoms with Crippen LogP contribution in [0.4, 0.5) is 5.69 Å². The second-order valence-electron chi connectivity index (χ2n) is 5.22. The van der Waals surface area contributed by atoms with E-state index in [0.29, 0.717) is 0 Å². The van der Waals surface area contributed by atoms with Gasteiger partial charge in [-0.25, -0.2) is 0 Å². The summed E-state index contributed by atoms with van der Waals surface area (Å²) in [6.45, 7) is 6.29. The van der Waals surface area contributed by atoms with Crippen molar-refractivity contribution in [1.82, 2.24) is 0 Å². The first kappa shape index (κ1) is 14.6. The van der Waals surface area contributed by atoms with Gasteiger partial charge in [0.2, 0.25) is 0 Å². The Labute approximate surface area is 122 Å². The Morgan fingerprint density at radius 3 is 2.25 bits per heavy atom. The summed E-state index contributed by atoms with van der Waals surface area (Å²) in [5.74, 6) is 0. The van der Waals surface area contributed by atoms with Gasteiger partial charge >= 0.3 is 0 Å². The molecule has 2 aromatic carbocycles. The maximum atomic E-state index is 6.27. The van der Waals surface area contributed by atoms with E-state index >= 15 is 0 Å². The molecular formula is C18H24N2. The monoisotopic (exact) mass is 268 g/mol. The summed E-state index contributed by atoms with van der Waals surface area (Å²) in [6.07, 6.45) is 0.964. The van der Waals surface area contributed by atoms with Crippen molar-refractivity contribution in [2.75, 3.05) is 18.0 Å². The van der Waals surface area contributed by atoms with Crippen molar-refractivity contribution in [3.63, 3.8) is 0 Å². The van der Waals surface area contributed by atoms with E-state index in [0.717, 1.165) is 19.5 Å². The maximum absolute atomic E-state index is 6.27. The van der Waals surface area contributed by atoms with Crippen molar-refractivity contribution >= 4 is 5.69 Å². The number of aryl methyl sites for hydroxylation is 1. The summed E-state index contributed by atoms with van der Waals surface area (Å²) >= 11 is 0. The number of hydrogen-bond acceptors (Lipinski definition) is 2. The van der Waals surface area contributed by atoms with Crippen molar-refractivity contribution in [3.05, 3.63) is 65.7 Å². The zero-order valence-corrected chi connectivity index (χ0v) is 12.4. The smallest absolute Gasteiger partial charge is 0.0366 e. The van der Waals surface area contributed by atoms with E-state index in [1.165, 1.54) is 16.8 Å². The van der Waals surface area contributed by atoms with Crippen molar-refractivity contribution in [1.29, 1.82) is 0 Å². The molecule has 2 rings (SSSR count). The molecule has 0 amide bonds. The summed E-state index contributed by atoms with van der Waals surface area (Å²) in [5.41, 5.74) is 10.1. The van der Waals surface area contributed by atoms with E-state index in [2.05, 4.69) is 55.1 Å². The lowest BCUT2D eigenvalue weighted by Crippen LogP contribution is -2.27. The SMILES string of the molecule is CCN(CCC(N)c1ccccc1)c1ccc(C)cc1. The summed E-state index contributed by atoms with van der Waals surface area (Å²) < 4.78 is 0. The third-order valence-electron chi connectivity index (χ3n) is 3.72. The Morgan fingerprint density at radius 1 is 1.00 bits per heavy atom. The highest BCUT2D eigenvalue weighted by molar-refractivity contribution is 5.47. The quantitative estimate of drug-likeness (QED) is 0.860. The van der Waals surface area contributed by atoms with Crippen LogP contribution in [0.15, 0.2) is 54.6 Å². The average molecular weight is 268 g/mol. The predicted octanol–water partition coefficient (Wildman–Crippen LogP) is 3.91. The highest BCUT2D eigenvalue weighted by atomic mass is 15.1. The van der Waals surface area contributed by atoms with Crippen molar-refractivity contribution in [2.24, 2.45) is 5.73 Å². The molecule has 0 aliphatic rings. The normalized spacial score (nSPS) is 12.2. The molecule has 0 bridgehead atoms. The number of rotatable bonds is 6. The highest BCUT2D eigenvalue weighted by Crippen LogP contribution is 2.18. The first-order valence-corrected chi connectivity index (χ1v) is 7.33. The lowest BCUT2D eigenvalue weighted by molar-refractivity contribution is 0.632. The van der Waals surface area contributed by atoms with E-state index in [-0.39, 0.29) is 6.04 Å². The minimum absolute atomic E-state index is 0.107. The minimum Gasteiger partial charge on any atom is -0.372 e. The van der Waals surface area contributed by atoms with Gasteiger partial charge in [-0.05, 0) is 38.0 Å². The van der Waals surface area contributed by atoms with Crippen molar-refractivity contribution in [2.45, 2.75) is 26.3 Å². The minimum atomic E-state index is 0.107. The Bertz CT molecular complexity index is 505. The second kappa shape index (κ2) is 7.11. The topological polar surface area (TPSA) is 29.3 Å². The molecule has 0 aliphatic heterocycles. The fourth-order valence-electron chi connectivity index (χ4n) is 2.39.